The van der Waals surface area contributed by atoms with Crippen LogP contribution >= 0.6 is 0 Å². The molecule has 0 fully saturated rings. The van der Waals surface area contributed by atoms with Gasteiger partial charge in [0.2, 0.25) is 17.7 Å². The molecular weight excluding hydrogens is 354 g/mol. The van der Waals surface area contributed by atoms with Gasteiger partial charge in [0.15, 0.2) is 0 Å². The molecule has 0 aliphatic carbocycles. The van der Waals surface area contributed by atoms with Gasteiger partial charge in [-0.2, -0.15) is 0 Å². The molecular formula is C22H25N3O3. The van der Waals surface area contributed by atoms with Gasteiger partial charge in [-0.1, -0.05) is 42.5 Å². The molecule has 1 atom stereocenters. The fourth-order valence-corrected chi connectivity index (χ4v) is 3.42. The van der Waals surface area contributed by atoms with Crippen LogP contribution in [0.1, 0.15) is 25.3 Å². The standard InChI is InChI=1S/C22H25N3O3/c1-16-14-20(26)23-18-10-6-7-11-19(18)25(16)22(28)15-24(2)21(27)13-12-17-8-4-3-5-9-17/h3-11,16H,12-15H2,1-2H3,(H,23,26)/t16-/m1/s1. The van der Waals surface area contributed by atoms with Crippen LogP contribution in [-0.2, 0) is 20.8 Å². The Kier molecular flexibility index (Phi) is 6.09. The maximum Gasteiger partial charge on any atom is 0.246 e. The van der Waals surface area contributed by atoms with Crippen LogP contribution in [-0.4, -0.2) is 42.3 Å². The Morgan fingerprint density at radius 2 is 1.79 bits per heavy atom. The summed E-state index contributed by atoms with van der Waals surface area (Å²) in [5, 5.41) is 2.84. The van der Waals surface area contributed by atoms with Crippen molar-refractivity contribution in [3.05, 3.63) is 60.2 Å². The molecule has 3 amide bonds. The highest BCUT2D eigenvalue weighted by molar-refractivity contribution is 6.05. The molecule has 0 saturated heterocycles. The van der Waals surface area contributed by atoms with Crippen LogP contribution < -0.4 is 10.2 Å². The summed E-state index contributed by atoms with van der Waals surface area (Å²) in [5.74, 6) is -0.406. The molecule has 6 heteroatoms. The Hall–Kier alpha value is -3.15. The predicted molar refractivity (Wildman–Crippen MR) is 109 cm³/mol. The molecule has 2 aromatic carbocycles. The van der Waals surface area contributed by atoms with E-state index in [0.29, 0.717) is 24.2 Å². The van der Waals surface area contributed by atoms with Gasteiger partial charge in [-0.15, -0.1) is 0 Å². The Labute approximate surface area is 165 Å². The Morgan fingerprint density at radius 3 is 2.54 bits per heavy atom. The highest BCUT2D eigenvalue weighted by atomic mass is 16.2. The van der Waals surface area contributed by atoms with Gasteiger partial charge in [0.05, 0.1) is 17.9 Å². The van der Waals surface area contributed by atoms with Crippen LogP contribution in [0, 0.1) is 0 Å². The number of hydrogen-bond acceptors (Lipinski definition) is 3. The summed E-state index contributed by atoms with van der Waals surface area (Å²) < 4.78 is 0. The lowest BCUT2D eigenvalue weighted by molar-refractivity contribution is -0.134. The number of nitrogens with one attached hydrogen (secondary N) is 1. The maximum absolute atomic E-state index is 13.0. The fourth-order valence-electron chi connectivity index (χ4n) is 3.42. The molecule has 3 rings (SSSR count). The van der Waals surface area contributed by atoms with Crippen LogP contribution in [0.5, 0.6) is 0 Å². The minimum atomic E-state index is -0.288. The number of carbonyl (C=O) groups is 3. The van der Waals surface area contributed by atoms with E-state index in [2.05, 4.69) is 5.32 Å². The van der Waals surface area contributed by atoms with E-state index in [9.17, 15) is 14.4 Å². The first-order chi connectivity index (χ1) is 13.5. The van der Waals surface area contributed by atoms with E-state index in [4.69, 9.17) is 0 Å². The molecule has 0 saturated carbocycles. The second-order valence-electron chi connectivity index (χ2n) is 7.12. The normalized spacial score (nSPS) is 16.0. The Balaban J connectivity index is 1.67. The third-order valence-corrected chi connectivity index (χ3v) is 4.90. The average molecular weight is 379 g/mol. The monoisotopic (exact) mass is 379 g/mol. The van der Waals surface area contributed by atoms with Crippen molar-refractivity contribution in [3.63, 3.8) is 0 Å². The van der Waals surface area contributed by atoms with Crippen LogP contribution in [0.4, 0.5) is 11.4 Å². The highest BCUT2D eigenvalue weighted by Crippen LogP contribution is 2.31. The molecule has 1 aliphatic rings. The second kappa shape index (κ2) is 8.69. The average Bonchev–Trinajstić information content (AvgIpc) is 2.80. The lowest BCUT2D eigenvalue weighted by Crippen LogP contribution is -2.45. The van der Waals surface area contributed by atoms with Crippen molar-refractivity contribution in [2.24, 2.45) is 0 Å². The molecule has 2 aromatic rings. The van der Waals surface area contributed by atoms with E-state index in [-0.39, 0.29) is 36.7 Å². The number of benzene rings is 2. The van der Waals surface area contributed by atoms with Gasteiger partial charge in [0.1, 0.15) is 0 Å². The van der Waals surface area contributed by atoms with Gasteiger partial charge in [-0.25, -0.2) is 0 Å². The summed E-state index contributed by atoms with van der Waals surface area (Å²) in [4.78, 5) is 40.6. The van der Waals surface area contributed by atoms with Crippen molar-refractivity contribution in [2.45, 2.75) is 32.2 Å². The molecule has 6 nitrogen and oxygen atoms in total. The molecule has 146 valence electrons. The first kappa shape index (κ1) is 19.6. The number of likely N-dealkylation sites (N-methyl/N-ethyl adjacent to an activating group) is 1. The largest absolute Gasteiger partial charge is 0.336 e. The van der Waals surface area contributed by atoms with E-state index >= 15 is 0 Å². The van der Waals surface area contributed by atoms with Crippen molar-refractivity contribution < 1.29 is 14.4 Å². The molecule has 1 N–H and O–H groups in total. The lowest BCUT2D eigenvalue weighted by atomic mass is 10.1. The van der Waals surface area contributed by atoms with E-state index in [1.54, 1.807) is 18.0 Å². The molecule has 1 aliphatic heterocycles. The molecule has 1 heterocycles. The third-order valence-electron chi connectivity index (χ3n) is 4.90. The van der Waals surface area contributed by atoms with E-state index in [1.165, 1.54) is 4.90 Å². The van der Waals surface area contributed by atoms with Crippen molar-refractivity contribution in [3.8, 4) is 0 Å². The maximum atomic E-state index is 13.0. The van der Waals surface area contributed by atoms with Crippen LogP contribution in [0.15, 0.2) is 54.6 Å². The summed E-state index contributed by atoms with van der Waals surface area (Å²) >= 11 is 0. The number of aryl methyl sites for hydroxylation is 1. The molecule has 0 unspecified atom stereocenters. The van der Waals surface area contributed by atoms with Gasteiger partial charge < -0.3 is 15.1 Å². The van der Waals surface area contributed by atoms with E-state index in [1.807, 2.05) is 55.5 Å². The van der Waals surface area contributed by atoms with Crippen molar-refractivity contribution >= 4 is 29.1 Å². The summed E-state index contributed by atoms with van der Waals surface area (Å²) in [7, 11) is 1.64. The summed E-state index contributed by atoms with van der Waals surface area (Å²) in [5.41, 5.74) is 2.37. The van der Waals surface area contributed by atoms with Crippen molar-refractivity contribution in [2.75, 3.05) is 23.8 Å². The predicted octanol–water partition coefficient (Wildman–Crippen LogP) is 2.84. The minimum Gasteiger partial charge on any atom is -0.336 e. The number of fused-ring (bicyclic) bond motifs is 1. The van der Waals surface area contributed by atoms with Gasteiger partial charge in [-0.05, 0) is 31.0 Å². The van der Waals surface area contributed by atoms with Crippen molar-refractivity contribution in [1.82, 2.24) is 4.90 Å². The lowest BCUT2D eigenvalue weighted by Gasteiger charge is -2.29. The fraction of sp³-hybridized carbons (Fsp3) is 0.318. The first-order valence-electron chi connectivity index (χ1n) is 9.44. The smallest absolute Gasteiger partial charge is 0.246 e. The number of anilines is 2. The zero-order chi connectivity index (χ0) is 20.1. The Morgan fingerprint density at radius 1 is 1.11 bits per heavy atom. The van der Waals surface area contributed by atoms with Crippen LogP contribution in [0.25, 0.3) is 0 Å². The first-order valence-corrected chi connectivity index (χ1v) is 9.44. The Bertz CT molecular complexity index is 866. The summed E-state index contributed by atoms with van der Waals surface area (Å²) in [6.45, 7) is 1.82. The van der Waals surface area contributed by atoms with Crippen molar-refractivity contribution in [1.29, 1.82) is 0 Å². The number of nitrogens with zero attached hydrogens (tertiary/aromatic N) is 2. The molecule has 0 aromatic heterocycles. The molecule has 0 spiro atoms. The van der Waals surface area contributed by atoms with Gasteiger partial charge in [0, 0.05) is 25.9 Å². The van der Waals surface area contributed by atoms with Gasteiger partial charge >= 0.3 is 0 Å². The number of carbonyl (C=O) groups excluding carboxylic acids is 3. The molecule has 0 radical (unpaired) electrons. The van der Waals surface area contributed by atoms with Gasteiger partial charge in [-0.3, -0.25) is 14.4 Å². The number of hydrogen-bond donors (Lipinski definition) is 1. The number of para-hydroxylation sites is 2. The zero-order valence-corrected chi connectivity index (χ0v) is 16.2. The SMILES string of the molecule is C[C@@H]1CC(=O)Nc2ccccc2N1C(=O)CN(C)C(=O)CCc1ccccc1. The minimum absolute atomic E-state index is 0.0273. The number of amides is 3. The second-order valence-corrected chi connectivity index (χ2v) is 7.12. The van der Waals surface area contributed by atoms with E-state index in [0.717, 1.165) is 5.56 Å². The number of rotatable bonds is 5. The summed E-state index contributed by atoms with van der Waals surface area (Å²) in [6, 6.07) is 16.7. The topological polar surface area (TPSA) is 69.7 Å². The van der Waals surface area contributed by atoms with E-state index < -0.39 is 0 Å². The zero-order valence-electron chi connectivity index (χ0n) is 16.2. The van der Waals surface area contributed by atoms with Crippen LogP contribution in [0.2, 0.25) is 0 Å². The summed E-state index contributed by atoms with van der Waals surface area (Å²) in [6.07, 6.45) is 1.20. The molecule has 28 heavy (non-hydrogen) atoms. The molecule has 0 bridgehead atoms. The van der Waals surface area contributed by atoms with Gasteiger partial charge in [0.25, 0.3) is 0 Å². The highest BCUT2D eigenvalue weighted by Gasteiger charge is 2.30. The quantitative estimate of drug-likeness (QED) is 0.868. The third kappa shape index (κ3) is 4.57. The van der Waals surface area contributed by atoms with Crippen LogP contribution in [0.3, 0.4) is 0 Å².